The number of rotatable bonds is 3. The second kappa shape index (κ2) is 6.08. The summed E-state index contributed by atoms with van der Waals surface area (Å²) in [4.78, 5) is 1.46. The van der Waals surface area contributed by atoms with Crippen LogP contribution in [-0.2, 0) is 6.42 Å². The number of fused-ring (bicyclic) bond motifs is 1. The summed E-state index contributed by atoms with van der Waals surface area (Å²) in [7, 11) is 0. The fraction of sp³-hybridized carbons (Fsp3) is 0.105. The lowest BCUT2D eigenvalue weighted by molar-refractivity contribution is 0.628. The third-order valence-electron chi connectivity index (χ3n) is 3.91. The van der Waals surface area contributed by atoms with Gasteiger partial charge in [-0.1, -0.05) is 49.4 Å². The fourth-order valence-electron chi connectivity index (χ4n) is 2.74. The Hall–Kier alpha value is -2.88. The van der Waals surface area contributed by atoms with Gasteiger partial charge in [0.2, 0.25) is 0 Å². The van der Waals surface area contributed by atoms with E-state index in [9.17, 15) is 4.39 Å². The molecule has 0 spiro atoms. The number of nitrogens with one attached hydrogen (secondary N) is 1. The standard InChI is InChI=1S/C19H18FN3/c1-2-13-10-11-16(20)18(12-13)23(19(21)22)17-9-5-7-14-6-3-4-8-15(14)17/h3-12H,2H2,1H3,(H3,21,22). The van der Waals surface area contributed by atoms with Crippen LogP contribution in [0.4, 0.5) is 15.8 Å². The zero-order valence-electron chi connectivity index (χ0n) is 12.9. The molecule has 116 valence electrons. The minimum Gasteiger partial charge on any atom is -0.369 e. The first-order valence-corrected chi connectivity index (χ1v) is 7.52. The van der Waals surface area contributed by atoms with Crippen molar-refractivity contribution in [3.05, 3.63) is 72.0 Å². The quantitative estimate of drug-likeness (QED) is 0.550. The minimum atomic E-state index is -0.398. The van der Waals surface area contributed by atoms with Crippen molar-refractivity contribution in [1.29, 1.82) is 5.41 Å². The summed E-state index contributed by atoms with van der Waals surface area (Å²) in [5.41, 5.74) is 7.78. The Labute approximate surface area is 134 Å². The van der Waals surface area contributed by atoms with Crippen molar-refractivity contribution >= 4 is 28.1 Å². The van der Waals surface area contributed by atoms with Gasteiger partial charge < -0.3 is 5.73 Å². The van der Waals surface area contributed by atoms with E-state index in [4.69, 9.17) is 11.1 Å². The first kappa shape index (κ1) is 15.0. The van der Waals surface area contributed by atoms with E-state index in [1.165, 1.54) is 11.0 Å². The van der Waals surface area contributed by atoms with Gasteiger partial charge in [0, 0.05) is 5.39 Å². The highest BCUT2D eigenvalue weighted by Gasteiger charge is 2.19. The smallest absolute Gasteiger partial charge is 0.197 e. The molecule has 0 fully saturated rings. The SMILES string of the molecule is CCc1ccc(F)c(N(C(=N)N)c2cccc3ccccc23)c1. The molecule has 3 N–H and O–H groups in total. The van der Waals surface area contributed by atoms with Crippen LogP contribution in [0.1, 0.15) is 12.5 Å². The maximum atomic E-state index is 14.4. The summed E-state index contributed by atoms with van der Waals surface area (Å²) in [5.74, 6) is -0.612. The summed E-state index contributed by atoms with van der Waals surface area (Å²) in [6.45, 7) is 2.01. The first-order chi connectivity index (χ1) is 11.1. The molecule has 0 bridgehead atoms. The summed E-state index contributed by atoms with van der Waals surface area (Å²) >= 11 is 0. The molecule has 0 heterocycles. The number of benzene rings is 3. The van der Waals surface area contributed by atoms with E-state index in [0.29, 0.717) is 11.4 Å². The second-order valence-corrected chi connectivity index (χ2v) is 5.36. The second-order valence-electron chi connectivity index (χ2n) is 5.36. The highest BCUT2D eigenvalue weighted by atomic mass is 19.1. The molecule has 0 radical (unpaired) electrons. The predicted molar refractivity (Wildman–Crippen MR) is 93.8 cm³/mol. The topological polar surface area (TPSA) is 53.1 Å². The van der Waals surface area contributed by atoms with E-state index in [1.54, 1.807) is 12.1 Å². The summed E-state index contributed by atoms with van der Waals surface area (Å²) in [5, 5.41) is 9.90. The van der Waals surface area contributed by atoms with Gasteiger partial charge in [0.1, 0.15) is 5.82 Å². The van der Waals surface area contributed by atoms with Crippen LogP contribution in [0.15, 0.2) is 60.7 Å². The molecule has 3 nitrogen and oxygen atoms in total. The zero-order valence-corrected chi connectivity index (χ0v) is 12.9. The van der Waals surface area contributed by atoms with Gasteiger partial charge in [-0.3, -0.25) is 10.3 Å². The largest absolute Gasteiger partial charge is 0.369 e. The average Bonchev–Trinajstić information content (AvgIpc) is 2.57. The van der Waals surface area contributed by atoms with Crippen molar-refractivity contribution in [2.24, 2.45) is 5.73 Å². The van der Waals surface area contributed by atoms with E-state index >= 15 is 0 Å². The Balaban J connectivity index is 2.25. The number of hydrogen-bond donors (Lipinski definition) is 2. The molecule has 3 aromatic carbocycles. The molecular weight excluding hydrogens is 289 g/mol. The maximum Gasteiger partial charge on any atom is 0.197 e. The molecule has 0 atom stereocenters. The van der Waals surface area contributed by atoms with Gasteiger partial charge in [0.25, 0.3) is 0 Å². The number of anilines is 2. The van der Waals surface area contributed by atoms with Crippen LogP contribution in [0.2, 0.25) is 0 Å². The maximum absolute atomic E-state index is 14.4. The van der Waals surface area contributed by atoms with E-state index in [1.807, 2.05) is 49.4 Å². The van der Waals surface area contributed by atoms with Crippen molar-refractivity contribution in [3.63, 3.8) is 0 Å². The van der Waals surface area contributed by atoms with Gasteiger partial charge >= 0.3 is 0 Å². The number of guanidine groups is 1. The highest BCUT2D eigenvalue weighted by Crippen LogP contribution is 2.34. The molecule has 0 unspecified atom stereocenters. The van der Waals surface area contributed by atoms with Crippen molar-refractivity contribution < 1.29 is 4.39 Å². The third kappa shape index (κ3) is 2.75. The van der Waals surface area contributed by atoms with E-state index in [-0.39, 0.29) is 5.96 Å². The Morgan fingerprint density at radius 2 is 1.78 bits per heavy atom. The van der Waals surface area contributed by atoms with Crippen LogP contribution >= 0.6 is 0 Å². The predicted octanol–water partition coefficient (Wildman–Crippen LogP) is 4.57. The van der Waals surface area contributed by atoms with Crippen LogP contribution < -0.4 is 10.6 Å². The average molecular weight is 307 g/mol. The van der Waals surface area contributed by atoms with Gasteiger partial charge in [0.05, 0.1) is 11.4 Å². The Morgan fingerprint density at radius 1 is 1.04 bits per heavy atom. The van der Waals surface area contributed by atoms with Crippen LogP contribution in [0.5, 0.6) is 0 Å². The molecule has 0 aliphatic carbocycles. The molecule has 0 saturated heterocycles. The molecule has 23 heavy (non-hydrogen) atoms. The number of nitrogens with two attached hydrogens (primary N) is 1. The van der Waals surface area contributed by atoms with E-state index in [0.717, 1.165) is 22.8 Å². The molecular formula is C19H18FN3. The van der Waals surface area contributed by atoms with Gasteiger partial charge in [-0.05, 0) is 35.6 Å². The Morgan fingerprint density at radius 3 is 2.52 bits per heavy atom. The van der Waals surface area contributed by atoms with Crippen LogP contribution in [0.25, 0.3) is 10.8 Å². The van der Waals surface area contributed by atoms with Gasteiger partial charge in [-0.15, -0.1) is 0 Å². The van der Waals surface area contributed by atoms with Crippen LogP contribution in [0, 0.1) is 11.2 Å². The lowest BCUT2D eigenvalue weighted by Crippen LogP contribution is -2.33. The van der Waals surface area contributed by atoms with Crippen LogP contribution in [0.3, 0.4) is 0 Å². The lowest BCUT2D eigenvalue weighted by Gasteiger charge is -2.25. The Kier molecular flexibility index (Phi) is 3.98. The molecule has 3 rings (SSSR count). The van der Waals surface area contributed by atoms with Crippen LogP contribution in [-0.4, -0.2) is 5.96 Å². The molecule has 0 aromatic heterocycles. The number of hydrogen-bond acceptors (Lipinski definition) is 1. The third-order valence-corrected chi connectivity index (χ3v) is 3.91. The van der Waals surface area contributed by atoms with Crippen molar-refractivity contribution in [3.8, 4) is 0 Å². The highest BCUT2D eigenvalue weighted by molar-refractivity contribution is 6.08. The van der Waals surface area contributed by atoms with Gasteiger partial charge in [-0.25, -0.2) is 4.39 Å². The number of aryl methyl sites for hydroxylation is 1. The van der Waals surface area contributed by atoms with E-state index in [2.05, 4.69) is 0 Å². The van der Waals surface area contributed by atoms with Crippen molar-refractivity contribution in [2.75, 3.05) is 4.90 Å². The molecule has 3 aromatic rings. The van der Waals surface area contributed by atoms with E-state index < -0.39 is 5.82 Å². The number of halogens is 1. The fourth-order valence-corrected chi connectivity index (χ4v) is 2.74. The molecule has 0 amide bonds. The molecule has 0 saturated carbocycles. The summed E-state index contributed by atoms with van der Waals surface area (Å²) in [6, 6.07) is 18.4. The summed E-state index contributed by atoms with van der Waals surface area (Å²) in [6.07, 6.45) is 0.786. The molecule has 4 heteroatoms. The van der Waals surface area contributed by atoms with Gasteiger partial charge in [-0.2, -0.15) is 0 Å². The van der Waals surface area contributed by atoms with Gasteiger partial charge in [0.15, 0.2) is 5.96 Å². The summed E-state index contributed by atoms with van der Waals surface area (Å²) < 4.78 is 14.4. The zero-order chi connectivity index (χ0) is 16.4. The minimum absolute atomic E-state index is 0.214. The Bertz CT molecular complexity index is 868. The molecule has 0 aliphatic heterocycles. The first-order valence-electron chi connectivity index (χ1n) is 7.52. The monoisotopic (exact) mass is 307 g/mol. The lowest BCUT2D eigenvalue weighted by atomic mass is 10.1. The molecule has 0 aliphatic rings. The van der Waals surface area contributed by atoms with Crippen molar-refractivity contribution in [2.45, 2.75) is 13.3 Å². The number of nitrogens with zero attached hydrogens (tertiary/aromatic N) is 1. The van der Waals surface area contributed by atoms with Crippen molar-refractivity contribution in [1.82, 2.24) is 0 Å². The normalized spacial score (nSPS) is 10.7.